The largest absolute Gasteiger partial charge is 0.357 e. The Labute approximate surface area is 79.9 Å². The number of hydrogen-bond acceptors (Lipinski definition) is 1. The normalized spacial score (nSPS) is 9.83. The van der Waals surface area contributed by atoms with E-state index in [2.05, 4.69) is 21.2 Å². The number of nitrogens with zero attached hydrogens (tertiary/aromatic N) is 1. The van der Waals surface area contributed by atoms with Crippen LogP contribution in [0.25, 0.3) is 0 Å². The predicted molar refractivity (Wildman–Crippen MR) is 51.1 cm³/mol. The molecule has 0 aliphatic rings. The van der Waals surface area contributed by atoms with Gasteiger partial charge in [0.05, 0.1) is 5.33 Å². The molecule has 12 heavy (non-hydrogen) atoms. The molecule has 0 aliphatic heterocycles. The number of alkyl halides is 1. The molecule has 66 valence electrons. The minimum atomic E-state index is 0.0128. The number of nitrogens with one attached hydrogen (secondary N) is 1. The molecule has 0 radical (unpaired) electrons. The molecule has 0 atom stereocenters. The van der Waals surface area contributed by atoms with Crippen LogP contribution in [0.3, 0.4) is 0 Å². The summed E-state index contributed by atoms with van der Waals surface area (Å²) in [5.41, 5.74) is 1.12. The number of rotatable bonds is 3. The highest BCUT2D eigenvalue weighted by Crippen LogP contribution is 1.98. The lowest BCUT2D eigenvalue weighted by Crippen LogP contribution is -2.23. The molecule has 4 heteroatoms. The summed E-state index contributed by atoms with van der Waals surface area (Å²) in [6.07, 6.45) is 3.93. The van der Waals surface area contributed by atoms with Crippen molar-refractivity contribution in [3.05, 3.63) is 24.0 Å². The zero-order chi connectivity index (χ0) is 8.97. The molecular formula is C8H11BrN2O. The van der Waals surface area contributed by atoms with Crippen molar-refractivity contribution in [1.29, 1.82) is 0 Å². The minimum absolute atomic E-state index is 0.0128. The van der Waals surface area contributed by atoms with Crippen molar-refractivity contribution in [2.75, 3.05) is 5.33 Å². The molecule has 0 unspecified atom stereocenters. The molecule has 0 aromatic carbocycles. The Bertz CT molecular complexity index is 270. The third-order valence-electron chi connectivity index (χ3n) is 1.50. The fraction of sp³-hybridized carbons (Fsp3) is 0.375. The number of carbonyl (C=O) groups excluding carboxylic acids is 1. The standard InChI is InChI=1S/C8H11BrN2O/c1-11-3-2-7(6-11)5-10-8(12)4-9/h2-3,6H,4-5H2,1H3,(H,10,12). The Balaban J connectivity index is 2.38. The van der Waals surface area contributed by atoms with Crippen LogP contribution in [0.1, 0.15) is 5.56 Å². The van der Waals surface area contributed by atoms with Gasteiger partial charge in [0, 0.05) is 26.0 Å². The van der Waals surface area contributed by atoms with E-state index in [1.165, 1.54) is 0 Å². The molecule has 1 N–H and O–H groups in total. The maximum absolute atomic E-state index is 10.8. The van der Waals surface area contributed by atoms with E-state index in [4.69, 9.17) is 0 Å². The first-order valence-corrected chi connectivity index (χ1v) is 4.78. The molecule has 1 heterocycles. The fourth-order valence-corrected chi connectivity index (χ4v) is 1.11. The van der Waals surface area contributed by atoms with E-state index >= 15 is 0 Å². The first-order valence-electron chi connectivity index (χ1n) is 3.66. The minimum Gasteiger partial charge on any atom is -0.357 e. The average Bonchev–Trinajstić information content (AvgIpc) is 2.47. The summed E-state index contributed by atoms with van der Waals surface area (Å²) in [5.74, 6) is 0.0128. The summed E-state index contributed by atoms with van der Waals surface area (Å²) in [6, 6.07) is 1.98. The van der Waals surface area contributed by atoms with Gasteiger partial charge in [-0.1, -0.05) is 15.9 Å². The van der Waals surface area contributed by atoms with Crippen LogP contribution < -0.4 is 5.32 Å². The molecule has 0 spiro atoms. The molecule has 1 aromatic heterocycles. The molecule has 0 bridgehead atoms. The van der Waals surface area contributed by atoms with Gasteiger partial charge < -0.3 is 9.88 Å². The topological polar surface area (TPSA) is 34.0 Å². The molecule has 3 nitrogen and oxygen atoms in total. The summed E-state index contributed by atoms with van der Waals surface area (Å²) in [4.78, 5) is 10.8. The van der Waals surface area contributed by atoms with Crippen LogP contribution in [0.5, 0.6) is 0 Å². The Morgan fingerprint density at radius 3 is 3.00 bits per heavy atom. The molecule has 0 saturated heterocycles. The van der Waals surface area contributed by atoms with E-state index < -0.39 is 0 Å². The third-order valence-corrected chi connectivity index (χ3v) is 2.01. The molecule has 1 aromatic rings. The maximum atomic E-state index is 10.8. The lowest BCUT2D eigenvalue weighted by atomic mass is 10.3. The Morgan fingerprint density at radius 2 is 2.50 bits per heavy atom. The SMILES string of the molecule is Cn1ccc(CNC(=O)CBr)c1. The van der Waals surface area contributed by atoms with E-state index in [1.54, 1.807) is 0 Å². The van der Waals surface area contributed by atoms with E-state index in [0.29, 0.717) is 11.9 Å². The zero-order valence-electron chi connectivity index (χ0n) is 6.88. The maximum Gasteiger partial charge on any atom is 0.230 e. The van der Waals surface area contributed by atoms with Gasteiger partial charge >= 0.3 is 0 Å². The van der Waals surface area contributed by atoms with E-state index in [1.807, 2.05) is 30.1 Å². The van der Waals surface area contributed by atoms with Crippen LogP contribution in [0.4, 0.5) is 0 Å². The summed E-state index contributed by atoms with van der Waals surface area (Å²) < 4.78 is 1.95. The highest BCUT2D eigenvalue weighted by Gasteiger charge is 1.98. The number of halogens is 1. The quantitative estimate of drug-likeness (QED) is 0.774. The summed E-state index contributed by atoms with van der Waals surface area (Å²) in [7, 11) is 1.95. The van der Waals surface area contributed by atoms with Crippen LogP contribution in [-0.2, 0) is 18.4 Å². The van der Waals surface area contributed by atoms with Crippen molar-refractivity contribution in [3.8, 4) is 0 Å². The van der Waals surface area contributed by atoms with E-state index in [-0.39, 0.29) is 5.91 Å². The second-order valence-corrected chi connectivity index (χ2v) is 3.16. The van der Waals surface area contributed by atoms with Gasteiger partial charge in [0.15, 0.2) is 0 Å². The summed E-state index contributed by atoms with van der Waals surface area (Å²) in [5, 5.41) is 3.12. The highest BCUT2D eigenvalue weighted by molar-refractivity contribution is 9.09. The molecule has 1 amide bonds. The van der Waals surface area contributed by atoms with Crippen molar-refractivity contribution in [2.24, 2.45) is 7.05 Å². The van der Waals surface area contributed by atoms with Gasteiger partial charge in [-0.15, -0.1) is 0 Å². The number of aryl methyl sites for hydroxylation is 1. The summed E-state index contributed by atoms with van der Waals surface area (Å²) >= 11 is 3.08. The molecule has 1 rings (SSSR count). The summed E-state index contributed by atoms with van der Waals surface area (Å²) in [6.45, 7) is 0.602. The molecular weight excluding hydrogens is 220 g/mol. The molecule has 0 saturated carbocycles. The second-order valence-electron chi connectivity index (χ2n) is 2.60. The first-order chi connectivity index (χ1) is 5.72. The zero-order valence-corrected chi connectivity index (χ0v) is 8.47. The monoisotopic (exact) mass is 230 g/mol. The van der Waals surface area contributed by atoms with Gasteiger partial charge in [-0.3, -0.25) is 4.79 Å². The lowest BCUT2D eigenvalue weighted by Gasteiger charge is -1.99. The van der Waals surface area contributed by atoms with Crippen LogP contribution in [0.15, 0.2) is 18.5 Å². The van der Waals surface area contributed by atoms with Crippen LogP contribution in [0, 0.1) is 0 Å². The van der Waals surface area contributed by atoms with Crippen LogP contribution in [0.2, 0.25) is 0 Å². The van der Waals surface area contributed by atoms with Crippen LogP contribution >= 0.6 is 15.9 Å². The average molecular weight is 231 g/mol. The number of amides is 1. The highest BCUT2D eigenvalue weighted by atomic mass is 79.9. The molecule has 0 aliphatic carbocycles. The Kier molecular flexibility index (Phi) is 3.34. The number of aromatic nitrogens is 1. The van der Waals surface area contributed by atoms with Crippen molar-refractivity contribution in [2.45, 2.75) is 6.54 Å². The predicted octanol–water partition coefficient (Wildman–Crippen LogP) is 1.04. The molecule has 0 fully saturated rings. The van der Waals surface area contributed by atoms with Gasteiger partial charge in [0.2, 0.25) is 5.91 Å². The van der Waals surface area contributed by atoms with Crippen LogP contribution in [-0.4, -0.2) is 15.8 Å². The van der Waals surface area contributed by atoms with Gasteiger partial charge in [0.1, 0.15) is 0 Å². The second kappa shape index (κ2) is 4.30. The number of hydrogen-bond donors (Lipinski definition) is 1. The van der Waals surface area contributed by atoms with Gasteiger partial charge in [0.25, 0.3) is 0 Å². The smallest absolute Gasteiger partial charge is 0.230 e. The number of carbonyl (C=O) groups is 1. The van der Waals surface area contributed by atoms with Crippen molar-refractivity contribution < 1.29 is 4.79 Å². The van der Waals surface area contributed by atoms with Crippen molar-refractivity contribution in [3.63, 3.8) is 0 Å². The van der Waals surface area contributed by atoms with Gasteiger partial charge in [-0.05, 0) is 11.6 Å². The van der Waals surface area contributed by atoms with Gasteiger partial charge in [-0.2, -0.15) is 0 Å². The van der Waals surface area contributed by atoms with Crippen molar-refractivity contribution in [1.82, 2.24) is 9.88 Å². The van der Waals surface area contributed by atoms with Crippen molar-refractivity contribution >= 4 is 21.8 Å². The first kappa shape index (κ1) is 9.32. The Morgan fingerprint density at radius 1 is 1.75 bits per heavy atom. The lowest BCUT2D eigenvalue weighted by molar-refractivity contribution is -0.118. The third kappa shape index (κ3) is 2.70. The van der Waals surface area contributed by atoms with E-state index in [0.717, 1.165) is 5.56 Å². The van der Waals surface area contributed by atoms with Gasteiger partial charge in [-0.25, -0.2) is 0 Å². The Hall–Kier alpha value is -0.770. The van der Waals surface area contributed by atoms with E-state index in [9.17, 15) is 4.79 Å². The fourth-order valence-electron chi connectivity index (χ4n) is 0.913.